The molecule has 1 saturated heterocycles. The minimum absolute atomic E-state index is 0.0189. The molecule has 5 nitrogen and oxygen atoms in total. The van der Waals surface area contributed by atoms with Crippen LogP contribution in [0.5, 0.6) is 5.75 Å². The molecule has 1 amide bonds. The Morgan fingerprint density at radius 1 is 1.14 bits per heavy atom. The number of nitrogens with zero attached hydrogens (tertiary/aromatic N) is 3. The number of alkyl halides is 2. The maximum atomic E-state index is 13.1. The van der Waals surface area contributed by atoms with Crippen LogP contribution in [-0.2, 0) is 11.2 Å². The Kier molecular flexibility index (Phi) is 4.86. The third-order valence-electron chi connectivity index (χ3n) is 5.29. The van der Waals surface area contributed by atoms with Crippen LogP contribution < -0.4 is 14.5 Å². The highest BCUT2D eigenvalue weighted by molar-refractivity contribution is 6.01. The molecule has 2 aliphatic heterocycles. The second kappa shape index (κ2) is 7.47. The molecule has 1 unspecified atom stereocenters. The summed E-state index contributed by atoms with van der Waals surface area (Å²) in [6.45, 7) is -1.50. The number of amides is 1. The number of carbonyl (C=O) groups excluding carboxylic acids is 1. The third kappa shape index (κ3) is 3.38. The minimum Gasteiger partial charge on any atom is -0.435 e. The zero-order chi connectivity index (χ0) is 19.7. The van der Waals surface area contributed by atoms with Gasteiger partial charge in [-0.1, -0.05) is 0 Å². The fourth-order valence-corrected chi connectivity index (χ4v) is 4.03. The summed E-state index contributed by atoms with van der Waals surface area (Å²) in [6, 6.07) is 13.7. The van der Waals surface area contributed by atoms with Crippen LogP contribution in [0.1, 0.15) is 24.0 Å². The van der Waals surface area contributed by atoms with E-state index in [1.54, 1.807) is 41.3 Å². The van der Waals surface area contributed by atoms with E-state index in [4.69, 9.17) is 5.26 Å². The van der Waals surface area contributed by atoms with Gasteiger partial charge in [0.1, 0.15) is 11.8 Å². The lowest BCUT2D eigenvalue weighted by atomic mass is 9.99. The van der Waals surface area contributed by atoms with Crippen LogP contribution in [-0.4, -0.2) is 31.7 Å². The monoisotopic (exact) mass is 383 g/mol. The molecule has 1 atom stereocenters. The molecule has 2 aromatic carbocycles. The van der Waals surface area contributed by atoms with Crippen LogP contribution >= 0.6 is 0 Å². The first kappa shape index (κ1) is 18.2. The molecule has 2 heterocycles. The summed E-state index contributed by atoms with van der Waals surface area (Å²) >= 11 is 0. The summed E-state index contributed by atoms with van der Waals surface area (Å²) in [5.41, 5.74) is 3.17. The highest BCUT2D eigenvalue weighted by Gasteiger charge is 2.38. The van der Waals surface area contributed by atoms with Crippen molar-refractivity contribution in [3.05, 3.63) is 53.6 Å². The quantitative estimate of drug-likeness (QED) is 0.808. The fourth-order valence-electron chi connectivity index (χ4n) is 4.03. The first-order chi connectivity index (χ1) is 13.6. The van der Waals surface area contributed by atoms with Crippen molar-refractivity contribution in [3.8, 4) is 11.8 Å². The Morgan fingerprint density at radius 3 is 2.64 bits per heavy atom. The Balaban J connectivity index is 1.55. The molecule has 0 radical (unpaired) electrons. The molecule has 28 heavy (non-hydrogen) atoms. The molecule has 1 fully saturated rings. The molecular weight excluding hydrogens is 364 g/mol. The number of benzene rings is 2. The van der Waals surface area contributed by atoms with E-state index in [0.29, 0.717) is 18.5 Å². The van der Waals surface area contributed by atoms with Crippen molar-refractivity contribution in [2.24, 2.45) is 0 Å². The van der Waals surface area contributed by atoms with Crippen molar-refractivity contribution in [1.82, 2.24) is 0 Å². The lowest BCUT2D eigenvalue weighted by Gasteiger charge is -2.35. The highest BCUT2D eigenvalue weighted by atomic mass is 19.3. The molecule has 144 valence electrons. The summed E-state index contributed by atoms with van der Waals surface area (Å²) in [7, 11) is 0. The number of rotatable bonds is 4. The fraction of sp³-hybridized carbons (Fsp3) is 0.333. The van der Waals surface area contributed by atoms with Gasteiger partial charge in [0.2, 0.25) is 5.91 Å². The van der Waals surface area contributed by atoms with E-state index in [9.17, 15) is 13.6 Å². The largest absolute Gasteiger partial charge is 0.435 e. The standard InChI is InChI=1S/C21H19F2N3O2/c22-21(23)28-17-7-8-18-15(12-17)2-1-10-26(18)19-9-11-25(20(19)27)16-5-3-14(13-24)4-6-16/h3-8,12,19,21H,1-2,9-11H2. The summed E-state index contributed by atoms with van der Waals surface area (Å²) in [6.07, 6.45) is 2.31. The van der Waals surface area contributed by atoms with Crippen molar-refractivity contribution in [2.45, 2.75) is 31.9 Å². The van der Waals surface area contributed by atoms with E-state index in [0.717, 1.165) is 36.3 Å². The molecule has 0 saturated carbocycles. The number of aryl methyl sites for hydroxylation is 1. The van der Waals surface area contributed by atoms with Gasteiger partial charge >= 0.3 is 6.61 Å². The maximum Gasteiger partial charge on any atom is 0.387 e. The Morgan fingerprint density at radius 2 is 1.93 bits per heavy atom. The topological polar surface area (TPSA) is 56.6 Å². The highest BCUT2D eigenvalue weighted by Crippen LogP contribution is 2.35. The van der Waals surface area contributed by atoms with Gasteiger partial charge < -0.3 is 14.5 Å². The molecule has 0 aliphatic carbocycles. The summed E-state index contributed by atoms with van der Waals surface area (Å²) in [5.74, 6) is 0.165. The van der Waals surface area contributed by atoms with Gasteiger partial charge in [0.15, 0.2) is 0 Å². The van der Waals surface area contributed by atoms with Gasteiger partial charge in [-0.05, 0) is 67.3 Å². The first-order valence-electron chi connectivity index (χ1n) is 9.23. The van der Waals surface area contributed by atoms with E-state index in [1.165, 1.54) is 6.07 Å². The van der Waals surface area contributed by atoms with Gasteiger partial charge in [-0.3, -0.25) is 4.79 Å². The van der Waals surface area contributed by atoms with E-state index in [2.05, 4.69) is 15.7 Å². The predicted molar refractivity (Wildman–Crippen MR) is 101 cm³/mol. The second-order valence-corrected chi connectivity index (χ2v) is 6.92. The number of carbonyl (C=O) groups is 1. The first-order valence-corrected chi connectivity index (χ1v) is 9.23. The van der Waals surface area contributed by atoms with Crippen molar-refractivity contribution in [2.75, 3.05) is 22.9 Å². The number of nitriles is 1. The Hall–Kier alpha value is -3.14. The molecule has 0 spiro atoms. The van der Waals surface area contributed by atoms with E-state index in [1.807, 2.05) is 0 Å². The Bertz CT molecular complexity index is 924. The predicted octanol–water partition coefficient (Wildman–Crippen LogP) is 3.72. The van der Waals surface area contributed by atoms with E-state index >= 15 is 0 Å². The molecule has 0 bridgehead atoms. The van der Waals surface area contributed by atoms with Gasteiger partial charge in [0.05, 0.1) is 11.6 Å². The smallest absolute Gasteiger partial charge is 0.387 e. The van der Waals surface area contributed by atoms with Gasteiger partial charge in [-0.25, -0.2) is 0 Å². The van der Waals surface area contributed by atoms with E-state index in [-0.39, 0.29) is 17.7 Å². The number of anilines is 2. The van der Waals surface area contributed by atoms with Crippen LogP contribution in [0.4, 0.5) is 20.2 Å². The average molecular weight is 383 g/mol. The molecule has 0 aromatic heterocycles. The molecule has 2 aliphatic rings. The van der Waals surface area contributed by atoms with Crippen molar-refractivity contribution >= 4 is 17.3 Å². The van der Waals surface area contributed by atoms with Gasteiger partial charge in [-0.15, -0.1) is 0 Å². The van der Waals surface area contributed by atoms with E-state index < -0.39 is 6.61 Å². The van der Waals surface area contributed by atoms with Crippen molar-refractivity contribution < 1.29 is 18.3 Å². The van der Waals surface area contributed by atoms with Crippen LogP contribution in [0.15, 0.2) is 42.5 Å². The molecular formula is C21H19F2N3O2. The third-order valence-corrected chi connectivity index (χ3v) is 5.29. The van der Waals surface area contributed by atoms with Gasteiger partial charge in [-0.2, -0.15) is 14.0 Å². The average Bonchev–Trinajstić information content (AvgIpc) is 3.08. The Labute approximate surface area is 161 Å². The zero-order valence-electron chi connectivity index (χ0n) is 15.1. The number of ether oxygens (including phenoxy) is 1. The SMILES string of the molecule is N#Cc1ccc(N2CCC(N3CCCc4cc(OC(F)F)ccc43)C2=O)cc1. The number of halogens is 2. The molecule has 0 N–H and O–H groups in total. The number of fused-ring (bicyclic) bond motifs is 1. The molecule has 2 aromatic rings. The van der Waals surface area contributed by atoms with Crippen LogP contribution in [0.25, 0.3) is 0 Å². The van der Waals surface area contributed by atoms with Crippen LogP contribution in [0.2, 0.25) is 0 Å². The van der Waals surface area contributed by atoms with Gasteiger partial charge in [0, 0.05) is 24.5 Å². The molecule has 7 heteroatoms. The maximum absolute atomic E-state index is 13.1. The molecule has 4 rings (SSSR count). The lowest BCUT2D eigenvalue weighted by Crippen LogP contribution is -2.44. The zero-order valence-corrected chi connectivity index (χ0v) is 15.1. The second-order valence-electron chi connectivity index (χ2n) is 6.92. The summed E-state index contributed by atoms with van der Waals surface area (Å²) in [5, 5.41) is 8.93. The van der Waals surface area contributed by atoms with Crippen LogP contribution in [0, 0.1) is 11.3 Å². The minimum atomic E-state index is -2.85. The number of hydrogen-bond donors (Lipinski definition) is 0. The number of hydrogen-bond acceptors (Lipinski definition) is 4. The normalized spacial score (nSPS) is 18.9. The van der Waals surface area contributed by atoms with Gasteiger partial charge in [0.25, 0.3) is 0 Å². The van der Waals surface area contributed by atoms with Crippen molar-refractivity contribution in [1.29, 1.82) is 5.26 Å². The van der Waals surface area contributed by atoms with Crippen LogP contribution in [0.3, 0.4) is 0 Å². The summed E-state index contributed by atoms with van der Waals surface area (Å²) < 4.78 is 29.5. The van der Waals surface area contributed by atoms with Crippen molar-refractivity contribution in [3.63, 3.8) is 0 Å². The summed E-state index contributed by atoms with van der Waals surface area (Å²) in [4.78, 5) is 16.9. The lowest BCUT2D eigenvalue weighted by molar-refractivity contribution is -0.118.